The summed E-state index contributed by atoms with van der Waals surface area (Å²) in [6.45, 7) is 0.230. The number of ether oxygens (including phenoxy) is 1. The van der Waals surface area contributed by atoms with Gasteiger partial charge in [0.1, 0.15) is 12.7 Å². The zero-order valence-electron chi connectivity index (χ0n) is 10.8. The molecule has 1 atom stereocenters. The average Bonchev–Trinajstić information content (AvgIpc) is 2.35. The second kappa shape index (κ2) is 6.56. The van der Waals surface area contributed by atoms with Gasteiger partial charge in [-0.1, -0.05) is 30.3 Å². The van der Waals surface area contributed by atoms with E-state index in [9.17, 15) is 18.0 Å². The number of hydrogen-bond donors (Lipinski definition) is 0. The van der Waals surface area contributed by atoms with E-state index in [2.05, 4.69) is 4.74 Å². The van der Waals surface area contributed by atoms with E-state index in [0.29, 0.717) is 6.54 Å². The highest BCUT2D eigenvalue weighted by Gasteiger charge is 2.30. The summed E-state index contributed by atoms with van der Waals surface area (Å²) in [6.07, 6.45) is -5.54. The fraction of sp³-hybridized carbons (Fsp3) is 0.462. The van der Waals surface area contributed by atoms with Crippen LogP contribution in [0.4, 0.5) is 13.2 Å². The summed E-state index contributed by atoms with van der Waals surface area (Å²) in [5, 5.41) is 0. The van der Waals surface area contributed by atoms with Crippen molar-refractivity contribution in [2.75, 3.05) is 13.7 Å². The van der Waals surface area contributed by atoms with E-state index in [1.165, 1.54) is 18.9 Å². The van der Waals surface area contributed by atoms with Gasteiger partial charge >= 0.3 is 6.18 Å². The van der Waals surface area contributed by atoms with E-state index >= 15 is 0 Å². The largest absolute Gasteiger partial charge is 0.411 e. The zero-order chi connectivity index (χ0) is 14.5. The molecule has 0 N–H and O–H groups in total. The molecule has 1 rings (SSSR count). The number of halogens is 3. The van der Waals surface area contributed by atoms with Crippen LogP contribution in [-0.2, 0) is 16.1 Å². The first-order chi connectivity index (χ1) is 8.79. The van der Waals surface area contributed by atoms with Gasteiger partial charge in [-0.2, -0.15) is 13.2 Å². The Morgan fingerprint density at radius 1 is 1.32 bits per heavy atom. The number of carbonyl (C=O) groups excluding carboxylic acids is 1. The number of alkyl halides is 3. The van der Waals surface area contributed by atoms with Gasteiger partial charge in [-0.25, -0.2) is 0 Å². The molecular weight excluding hydrogens is 259 g/mol. The van der Waals surface area contributed by atoms with Crippen molar-refractivity contribution in [3.05, 3.63) is 35.9 Å². The van der Waals surface area contributed by atoms with Gasteiger partial charge in [0.2, 0.25) is 0 Å². The second-order valence-electron chi connectivity index (χ2n) is 4.25. The summed E-state index contributed by atoms with van der Waals surface area (Å²) >= 11 is 0. The lowest BCUT2D eigenvalue weighted by atomic mass is 10.2. The number of likely N-dealkylation sites (N-methyl/N-ethyl adjacent to an activating group) is 1. The fourth-order valence-corrected chi connectivity index (χ4v) is 1.54. The molecule has 6 heteroatoms. The Hall–Kier alpha value is -1.56. The maximum atomic E-state index is 12.0. The topological polar surface area (TPSA) is 29.5 Å². The van der Waals surface area contributed by atoms with Crippen LogP contribution in [0.15, 0.2) is 30.3 Å². The van der Waals surface area contributed by atoms with E-state index in [4.69, 9.17) is 0 Å². The Kier molecular flexibility index (Phi) is 5.35. The molecule has 1 aromatic carbocycles. The Morgan fingerprint density at radius 3 is 2.42 bits per heavy atom. The minimum Gasteiger partial charge on any atom is -0.359 e. The van der Waals surface area contributed by atoms with Gasteiger partial charge in [-0.15, -0.1) is 0 Å². The minimum atomic E-state index is -4.42. The number of rotatable bonds is 5. The van der Waals surface area contributed by atoms with Crippen molar-refractivity contribution in [2.45, 2.75) is 25.7 Å². The molecule has 0 aromatic heterocycles. The first-order valence-electron chi connectivity index (χ1n) is 5.77. The monoisotopic (exact) mass is 275 g/mol. The summed E-state index contributed by atoms with van der Waals surface area (Å²) < 4.78 is 40.4. The number of benzene rings is 1. The summed E-state index contributed by atoms with van der Waals surface area (Å²) in [5.41, 5.74) is 0.904. The van der Waals surface area contributed by atoms with Crippen molar-refractivity contribution in [3.63, 3.8) is 0 Å². The van der Waals surface area contributed by atoms with Crippen LogP contribution in [0.5, 0.6) is 0 Å². The molecule has 106 valence electrons. The molecule has 0 spiro atoms. The molecule has 0 bridgehead atoms. The summed E-state index contributed by atoms with van der Waals surface area (Å²) in [6, 6.07) is 9.19. The fourth-order valence-electron chi connectivity index (χ4n) is 1.54. The number of amides is 1. The Balaban J connectivity index is 2.48. The van der Waals surface area contributed by atoms with Crippen LogP contribution in [0, 0.1) is 0 Å². The molecule has 0 aliphatic carbocycles. The van der Waals surface area contributed by atoms with Gasteiger partial charge in [0.25, 0.3) is 5.91 Å². The first kappa shape index (κ1) is 15.5. The highest BCUT2D eigenvalue weighted by molar-refractivity contribution is 5.80. The summed E-state index contributed by atoms with van der Waals surface area (Å²) in [7, 11) is 1.53. The average molecular weight is 275 g/mol. The third kappa shape index (κ3) is 5.74. The van der Waals surface area contributed by atoms with Crippen molar-refractivity contribution < 1.29 is 22.7 Å². The van der Waals surface area contributed by atoms with E-state index in [-0.39, 0.29) is 0 Å². The van der Waals surface area contributed by atoms with Crippen molar-refractivity contribution >= 4 is 5.91 Å². The Bertz CT molecular complexity index is 406. The van der Waals surface area contributed by atoms with Crippen molar-refractivity contribution in [3.8, 4) is 0 Å². The van der Waals surface area contributed by atoms with Crippen molar-refractivity contribution in [1.29, 1.82) is 0 Å². The van der Waals surface area contributed by atoms with Crippen molar-refractivity contribution in [1.82, 2.24) is 4.90 Å². The van der Waals surface area contributed by atoms with Gasteiger partial charge in [0.15, 0.2) is 0 Å². The smallest absolute Gasteiger partial charge is 0.359 e. The van der Waals surface area contributed by atoms with Crippen molar-refractivity contribution in [2.24, 2.45) is 0 Å². The van der Waals surface area contributed by atoms with E-state index in [1.54, 1.807) is 0 Å². The summed E-state index contributed by atoms with van der Waals surface area (Å²) in [5.74, 6) is -0.479. The van der Waals surface area contributed by atoms with Gasteiger partial charge < -0.3 is 9.64 Å². The molecule has 0 radical (unpaired) electrons. The lowest BCUT2D eigenvalue weighted by molar-refractivity contribution is -0.188. The third-order valence-electron chi connectivity index (χ3n) is 2.48. The van der Waals surface area contributed by atoms with Crippen LogP contribution < -0.4 is 0 Å². The lowest BCUT2D eigenvalue weighted by Crippen LogP contribution is -2.37. The SMILES string of the molecule is CC(OCC(F)(F)F)C(=O)N(C)Cc1ccccc1. The van der Waals surface area contributed by atoms with Crippen LogP contribution in [-0.4, -0.2) is 36.7 Å². The molecule has 19 heavy (non-hydrogen) atoms. The number of carbonyl (C=O) groups is 1. The minimum absolute atomic E-state index is 0.333. The lowest BCUT2D eigenvalue weighted by Gasteiger charge is -2.22. The van der Waals surface area contributed by atoms with Gasteiger partial charge in [-0.3, -0.25) is 4.79 Å². The zero-order valence-corrected chi connectivity index (χ0v) is 10.8. The predicted octanol–water partition coefficient (Wildman–Crippen LogP) is 2.61. The third-order valence-corrected chi connectivity index (χ3v) is 2.48. The van der Waals surface area contributed by atoms with Crippen LogP contribution in [0.2, 0.25) is 0 Å². The molecule has 0 fully saturated rings. The molecular formula is C13H16F3NO2. The predicted molar refractivity (Wildman–Crippen MR) is 64.4 cm³/mol. The maximum Gasteiger partial charge on any atom is 0.411 e. The molecule has 0 saturated carbocycles. The molecule has 0 saturated heterocycles. The molecule has 1 unspecified atom stereocenters. The first-order valence-corrected chi connectivity index (χ1v) is 5.77. The second-order valence-corrected chi connectivity index (χ2v) is 4.25. The van der Waals surface area contributed by atoms with Crippen LogP contribution >= 0.6 is 0 Å². The molecule has 0 aliphatic rings. The number of nitrogens with zero attached hydrogens (tertiary/aromatic N) is 1. The van der Waals surface area contributed by atoms with E-state index < -0.39 is 24.8 Å². The molecule has 3 nitrogen and oxygen atoms in total. The van der Waals surface area contributed by atoms with Gasteiger partial charge in [0, 0.05) is 13.6 Å². The van der Waals surface area contributed by atoms with Gasteiger partial charge in [-0.05, 0) is 12.5 Å². The number of hydrogen-bond acceptors (Lipinski definition) is 2. The Morgan fingerprint density at radius 2 is 1.89 bits per heavy atom. The quantitative estimate of drug-likeness (QED) is 0.826. The van der Waals surface area contributed by atoms with Crippen LogP contribution in [0.25, 0.3) is 0 Å². The molecule has 1 aromatic rings. The Labute approximate surface area is 110 Å². The molecule has 0 heterocycles. The highest BCUT2D eigenvalue weighted by Crippen LogP contribution is 2.16. The van der Waals surface area contributed by atoms with Gasteiger partial charge in [0.05, 0.1) is 0 Å². The standard InChI is InChI=1S/C13H16F3NO2/c1-10(19-9-13(14,15)16)12(18)17(2)8-11-6-4-3-5-7-11/h3-7,10H,8-9H2,1-2H3. The molecule has 1 amide bonds. The van der Waals surface area contributed by atoms with Crippen LogP contribution in [0.1, 0.15) is 12.5 Å². The van der Waals surface area contributed by atoms with E-state index in [0.717, 1.165) is 5.56 Å². The van der Waals surface area contributed by atoms with Crippen LogP contribution in [0.3, 0.4) is 0 Å². The maximum absolute atomic E-state index is 12.0. The van der Waals surface area contributed by atoms with E-state index in [1.807, 2.05) is 30.3 Å². The molecule has 0 aliphatic heterocycles. The highest BCUT2D eigenvalue weighted by atomic mass is 19.4. The normalized spacial score (nSPS) is 13.1. The summed E-state index contributed by atoms with van der Waals surface area (Å²) in [4.78, 5) is 13.1.